The van der Waals surface area contributed by atoms with E-state index in [1.54, 1.807) is 25.1 Å². The molecule has 1 amide bonds. The Morgan fingerprint density at radius 2 is 1.86 bits per heavy atom. The van der Waals surface area contributed by atoms with Crippen molar-refractivity contribution in [2.45, 2.75) is 19.4 Å². The summed E-state index contributed by atoms with van der Waals surface area (Å²) in [5, 5.41) is 2.67. The van der Waals surface area contributed by atoms with Crippen LogP contribution in [0.25, 0.3) is 0 Å². The minimum atomic E-state index is -0.614. The maximum atomic E-state index is 13.6. The molecule has 0 aliphatic carbocycles. The predicted molar refractivity (Wildman–Crippen MR) is 78.9 cm³/mol. The summed E-state index contributed by atoms with van der Waals surface area (Å²) in [6.45, 7) is 1.68. The third kappa shape index (κ3) is 4.07. The molecule has 0 saturated heterocycles. The molecule has 0 fully saturated rings. The zero-order valence-electron chi connectivity index (χ0n) is 11.2. The Kier molecular flexibility index (Phi) is 5.01. The van der Waals surface area contributed by atoms with Crippen molar-refractivity contribution in [3.05, 3.63) is 63.9 Å². The number of amides is 1. The Balaban J connectivity index is 2.05. The normalized spacial score (nSPS) is 12.0. The van der Waals surface area contributed by atoms with Crippen LogP contribution >= 0.6 is 15.9 Å². The van der Waals surface area contributed by atoms with Crippen LogP contribution < -0.4 is 5.32 Å². The number of rotatable bonds is 4. The maximum Gasteiger partial charge on any atom is 0.270 e. The van der Waals surface area contributed by atoms with Gasteiger partial charge in [0, 0.05) is 11.6 Å². The molecule has 3 nitrogen and oxygen atoms in total. The molecule has 21 heavy (non-hydrogen) atoms. The number of nitrogens with zero attached hydrogens (tertiary/aromatic N) is 1. The van der Waals surface area contributed by atoms with Gasteiger partial charge in [-0.1, -0.05) is 12.1 Å². The number of halogens is 3. The van der Waals surface area contributed by atoms with E-state index >= 15 is 0 Å². The SMILES string of the molecule is CC(Cc1c(F)cccc1F)NC(=O)c1cccc(Br)n1. The van der Waals surface area contributed by atoms with E-state index in [-0.39, 0.29) is 23.6 Å². The summed E-state index contributed by atoms with van der Waals surface area (Å²) < 4.78 is 27.7. The molecule has 0 spiro atoms. The van der Waals surface area contributed by atoms with Gasteiger partial charge in [-0.25, -0.2) is 13.8 Å². The molecular formula is C15H13BrF2N2O. The van der Waals surface area contributed by atoms with E-state index in [1.807, 2.05) is 0 Å². The topological polar surface area (TPSA) is 42.0 Å². The molecule has 1 heterocycles. The van der Waals surface area contributed by atoms with Crippen molar-refractivity contribution in [3.8, 4) is 0 Å². The van der Waals surface area contributed by atoms with Gasteiger partial charge in [0.15, 0.2) is 0 Å². The first-order chi connectivity index (χ1) is 9.97. The molecule has 110 valence electrons. The summed E-state index contributed by atoms with van der Waals surface area (Å²) in [6.07, 6.45) is 0.0677. The summed E-state index contributed by atoms with van der Waals surface area (Å²) in [5.74, 6) is -1.62. The molecule has 0 aliphatic heterocycles. The third-order valence-corrected chi connectivity index (χ3v) is 3.34. The zero-order chi connectivity index (χ0) is 15.4. The van der Waals surface area contributed by atoms with Crippen molar-refractivity contribution in [3.63, 3.8) is 0 Å². The number of carbonyl (C=O) groups excluding carboxylic acids is 1. The second-order valence-corrected chi connectivity index (χ2v) is 5.44. The smallest absolute Gasteiger partial charge is 0.270 e. The lowest BCUT2D eigenvalue weighted by Crippen LogP contribution is -2.35. The van der Waals surface area contributed by atoms with Gasteiger partial charge < -0.3 is 5.32 Å². The van der Waals surface area contributed by atoms with Gasteiger partial charge in [0.05, 0.1) is 0 Å². The molecule has 1 atom stereocenters. The summed E-state index contributed by atoms with van der Waals surface area (Å²) in [6, 6.07) is 8.23. The van der Waals surface area contributed by atoms with Crippen molar-refractivity contribution in [2.75, 3.05) is 0 Å². The van der Waals surface area contributed by atoms with Crippen LogP contribution in [0.3, 0.4) is 0 Å². The number of aromatic nitrogens is 1. The number of carbonyl (C=O) groups is 1. The van der Waals surface area contributed by atoms with Crippen molar-refractivity contribution in [1.82, 2.24) is 10.3 Å². The van der Waals surface area contributed by atoms with Crippen LogP contribution in [0, 0.1) is 11.6 Å². The molecule has 2 aromatic rings. The molecular weight excluding hydrogens is 342 g/mol. The summed E-state index contributed by atoms with van der Waals surface area (Å²) in [4.78, 5) is 16.0. The molecule has 1 unspecified atom stereocenters. The second-order valence-electron chi connectivity index (χ2n) is 4.62. The Morgan fingerprint density at radius 1 is 1.24 bits per heavy atom. The van der Waals surface area contributed by atoms with Gasteiger partial charge in [-0.05, 0) is 53.5 Å². The Hall–Kier alpha value is -1.82. The van der Waals surface area contributed by atoms with E-state index in [2.05, 4.69) is 26.2 Å². The van der Waals surface area contributed by atoms with E-state index in [0.29, 0.717) is 4.60 Å². The van der Waals surface area contributed by atoms with Gasteiger partial charge >= 0.3 is 0 Å². The van der Waals surface area contributed by atoms with Crippen molar-refractivity contribution >= 4 is 21.8 Å². The molecule has 2 rings (SSSR count). The maximum absolute atomic E-state index is 13.6. The first-order valence-electron chi connectivity index (χ1n) is 6.33. The molecule has 0 bridgehead atoms. The number of benzene rings is 1. The highest BCUT2D eigenvalue weighted by molar-refractivity contribution is 9.10. The summed E-state index contributed by atoms with van der Waals surface area (Å²) in [7, 11) is 0. The molecule has 1 aromatic carbocycles. The van der Waals surface area contributed by atoms with Crippen LogP contribution in [-0.2, 0) is 6.42 Å². The highest BCUT2D eigenvalue weighted by Gasteiger charge is 2.15. The zero-order valence-corrected chi connectivity index (χ0v) is 12.8. The average Bonchev–Trinajstić information content (AvgIpc) is 2.43. The Morgan fingerprint density at radius 3 is 2.48 bits per heavy atom. The van der Waals surface area contributed by atoms with Gasteiger partial charge in [-0.3, -0.25) is 4.79 Å². The number of nitrogens with one attached hydrogen (secondary N) is 1. The van der Waals surface area contributed by atoms with Gasteiger partial charge in [0.2, 0.25) is 0 Å². The molecule has 0 aliphatic rings. The summed E-state index contributed by atoms with van der Waals surface area (Å²) >= 11 is 3.18. The molecule has 0 radical (unpaired) electrons. The predicted octanol–water partition coefficient (Wildman–Crippen LogP) is 3.48. The first-order valence-corrected chi connectivity index (χ1v) is 7.13. The number of pyridine rings is 1. The van der Waals surface area contributed by atoms with Gasteiger partial charge in [0.25, 0.3) is 5.91 Å². The Labute approximate surface area is 129 Å². The highest BCUT2D eigenvalue weighted by Crippen LogP contribution is 2.14. The largest absolute Gasteiger partial charge is 0.348 e. The van der Waals surface area contributed by atoms with Crippen molar-refractivity contribution in [1.29, 1.82) is 0 Å². The lowest BCUT2D eigenvalue weighted by Gasteiger charge is -2.14. The van der Waals surface area contributed by atoms with Crippen molar-refractivity contribution < 1.29 is 13.6 Å². The third-order valence-electron chi connectivity index (χ3n) is 2.90. The van der Waals surface area contributed by atoms with Crippen LogP contribution in [0.15, 0.2) is 41.0 Å². The molecule has 1 N–H and O–H groups in total. The number of hydrogen-bond donors (Lipinski definition) is 1. The van der Waals surface area contributed by atoms with Crippen LogP contribution in [-0.4, -0.2) is 16.9 Å². The van der Waals surface area contributed by atoms with E-state index in [1.165, 1.54) is 18.2 Å². The summed E-state index contributed by atoms with van der Waals surface area (Å²) in [5.41, 5.74) is 0.206. The van der Waals surface area contributed by atoms with Gasteiger partial charge in [0.1, 0.15) is 21.9 Å². The van der Waals surface area contributed by atoms with Crippen molar-refractivity contribution in [2.24, 2.45) is 0 Å². The Bertz CT molecular complexity index is 644. The number of hydrogen-bond acceptors (Lipinski definition) is 2. The average molecular weight is 355 g/mol. The van der Waals surface area contributed by atoms with Crippen LogP contribution in [0.5, 0.6) is 0 Å². The van der Waals surface area contributed by atoms with E-state index in [9.17, 15) is 13.6 Å². The minimum Gasteiger partial charge on any atom is -0.348 e. The van der Waals surface area contributed by atoms with Crippen LogP contribution in [0.1, 0.15) is 23.0 Å². The van der Waals surface area contributed by atoms with Crippen LogP contribution in [0.4, 0.5) is 8.78 Å². The van der Waals surface area contributed by atoms with Gasteiger partial charge in [-0.15, -0.1) is 0 Å². The van der Waals surface area contributed by atoms with E-state index in [0.717, 1.165) is 0 Å². The minimum absolute atomic E-state index is 0.0347. The van der Waals surface area contributed by atoms with E-state index in [4.69, 9.17) is 0 Å². The van der Waals surface area contributed by atoms with Gasteiger partial charge in [-0.2, -0.15) is 0 Å². The fraction of sp³-hybridized carbons (Fsp3) is 0.200. The highest BCUT2D eigenvalue weighted by atomic mass is 79.9. The van der Waals surface area contributed by atoms with Crippen LogP contribution in [0.2, 0.25) is 0 Å². The second kappa shape index (κ2) is 6.76. The lowest BCUT2D eigenvalue weighted by molar-refractivity contribution is 0.0934. The quantitative estimate of drug-likeness (QED) is 0.854. The lowest BCUT2D eigenvalue weighted by atomic mass is 10.1. The molecule has 0 saturated carbocycles. The molecule has 1 aromatic heterocycles. The monoisotopic (exact) mass is 354 g/mol. The standard InChI is InChI=1S/C15H13BrF2N2O/c1-9(8-10-11(17)4-2-5-12(10)18)19-15(21)13-6-3-7-14(16)20-13/h2-7,9H,8H2,1H3,(H,19,21). The fourth-order valence-corrected chi connectivity index (χ4v) is 2.26. The first kappa shape index (κ1) is 15.6. The van der Waals surface area contributed by atoms with E-state index < -0.39 is 17.7 Å². The fourth-order valence-electron chi connectivity index (χ4n) is 1.92. The molecule has 6 heteroatoms.